The third kappa shape index (κ3) is 2.60. The predicted octanol–water partition coefficient (Wildman–Crippen LogP) is 3.44. The fourth-order valence-corrected chi connectivity index (χ4v) is 3.75. The van der Waals surface area contributed by atoms with E-state index in [2.05, 4.69) is 21.2 Å². The third-order valence-electron chi connectivity index (χ3n) is 3.69. The maximum atomic E-state index is 12.4. The highest BCUT2D eigenvalue weighted by molar-refractivity contribution is 9.10. The Hall–Kier alpha value is -1.33. The number of halogens is 1. The van der Waals surface area contributed by atoms with E-state index in [0.29, 0.717) is 6.54 Å². The van der Waals surface area contributed by atoms with Crippen molar-refractivity contribution < 1.29 is 4.79 Å². The van der Waals surface area contributed by atoms with Gasteiger partial charge in [-0.1, -0.05) is 12.1 Å². The van der Waals surface area contributed by atoms with E-state index in [1.54, 1.807) is 11.3 Å². The first-order chi connectivity index (χ1) is 9.60. The summed E-state index contributed by atoms with van der Waals surface area (Å²) in [5.74, 6) is 0.117. The number of nitrogens with one attached hydrogen (secondary N) is 1. The Morgan fingerprint density at radius 2 is 2.05 bits per heavy atom. The molecule has 0 unspecified atom stereocenters. The van der Waals surface area contributed by atoms with Crippen molar-refractivity contribution in [1.82, 2.24) is 5.32 Å². The molecule has 1 aromatic carbocycles. The quantitative estimate of drug-likeness (QED) is 0.829. The summed E-state index contributed by atoms with van der Waals surface area (Å²) < 4.78 is 1.06. The van der Waals surface area contributed by atoms with Crippen LogP contribution >= 0.6 is 27.3 Å². The summed E-state index contributed by atoms with van der Waals surface area (Å²) in [6, 6.07) is 9.68. The maximum Gasteiger partial charge on any atom is 0.230 e. The van der Waals surface area contributed by atoms with E-state index >= 15 is 0 Å². The molecule has 1 fully saturated rings. The topological polar surface area (TPSA) is 55.1 Å². The Bertz CT molecular complexity index is 632. The van der Waals surface area contributed by atoms with Gasteiger partial charge in [0.1, 0.15) is 0 Å². The molecule has 104 valence electrons. The number of rotatable bonds is 4. The van der Waals surface area contributed by atoms with Crippen LogP contribution < -0.4 is 11.1 Å². The number of amides is 1. The van der Waals surface area contributed by atoms with Crippen LogP contribution in [0.5, 0.6) is 0 Å². The van der Waals surface area contributed by atoms with Gasteiger partial charge in [0.25, 0.3) is 0 Å². The molecule has 3 N–H and O–H groups in total. The minimum atomic E-state index is -0.331. The van der Waals surface area contributed by atoms with Crippen LogP contribution in [0.2, 0.25) is 0 Å². The second-order valence-corrected chi connectivity index (χ2v) is 7.03. The largest absolute Gasteiger partial charge is 0.399 e. The van der Waals surface area contributed by atoms with Crippen LogP contribution in [-0.4, -0.2) is 5.91 Å². The number of nitrogen functional groups attached to an aromatic ring is 1. The molecule has 1 saturated carbocycles. The summed E-state index contributed by atoms with van der Waals surface area (Å²) in [6.07, 6.45) is 1.83. The average Bonchev–Trinajstić information content (AvgIpc) is 3.15. The van der Waals surface area contributed by atoms with Gasteiger partial charge in [0.05, 0.1) is 12.0 Å². The molecule has 0 radical (unpaired) electrons. The minimum Gasteiger partial charge on any atom is -0.399 e. The number of carbonyl (C=O) groups excluding carboxylic acids is 1. The Kier molecular flexibility index (Phi) is 3.56. The normalized spacial score (nSPS) is 15.8. The van der Waals surface area contributed by atoms with Crippen LogP contribution in [0.25, 0.3) is 0 Å². The number of thiophene rings is 1. The fourth-order valence-electron chi connectivity index (χ4n) is 2.36. The van der Waals surface area contributed by atoms with Crippen molar-refractivity contribution in [3.05, 3.63) is 50.6 Å². The van der Waals surface area contributed by atoms with Crippen LogP contribution in [0.15, 0.2) is 40.2 Å². The molecule has 3 rings (SSSR count). The van der Waals surface area contributed by atoms with Gasteiger partial charge in [-0.25, -0.2) is 0 Å². The monoisotopic (exact) mass is 350 g/mol. The van der Waals surface area contributed by atoms with Gasteiger partial charge >= 0.3 is 0 Å². The van der Waals surface area contributed by atoms with E-state index in [-0.39, 0.29) is 11.3 Å². The molecule has 1 aliphatic rings. The van der Waals surface area contributed by atoms with Gasteiger partial charge in [0, 0.05) is 20.4 Å². The van der Waals surface area contributed by atoms with Crippen molar-refractivity contribution in [2.75, 3.05) is 5.73 Å². The smallest absolute Gasteiger partial charge is 0.230 e. The Labute approximate surface area is 130 Å². The molecule has 1 aromatic heterocycles. The Morgan fingerprint density at radius 3 is 2.60 bits per heavy atom. The molecule has 2 aromatic rings. The number of carbonyl (C=O) groups is 1. The van der Waals surface area contributed by atoms with E-state index in [9.17, 15) is 4.79 Å². The lowest BCUT2D eigenvalue weighted by Crippen LogP contribution is -2.34. The van der Waals surface area contributed by atoms with Gasteiger partial charge in [-0.05, 0) is 52.5 Å². The number of hydrogen-bond donors (Lipinski definition) is 2. The van der Waals surface area contributed by atoms with E-state index in [1.165, 1.54) is 0 Å². The molecular formula is C15H15BrN2OS. The first-order valence-corrected chi connectivity index (χ1v) is 8.15. The van der Waals surface area contributed by atoms with Crippen molar-refractivity contribution >= 4 is 38.9 Å². The summed E-state index contributed by atoms with van der Waals surface area (Å²) in [5, 5.41) is 5.07. The molecule has 0 spiro atoms. The molecule has 1 amide bonds. The van der Waals surface area contributed by atoms with Crippen molar-refractivity contribution in [3.63, 3.8) is 0 Å². The number of hydrogen-bond acceptors (Lipinski definition) is 3. The highest BCUT2D eigenvalue weighted by Gasteiger charge is 2.51. The molecule has 0 aliphatic heterocycles. The first kappa shape index (κ1) is 13.6. The molecule has 20 heavy (non-hydrogen) atoms. The standard InChI is InChI=1S/C15H15BrN2OS/c16-11-7-13(20-9-11)8-18-14(19)15(5-6-15)10-1-3-12(17)4-2-10/h1-4,7,9H,5-6,8,17H2,(H,18,19). The molecule has 1 aliphatic carbocycles. The van der Waals surface area contributed by atoms with Gasteiger partial charge in [-0.2, -0.15) is 0 Å². The zero-order chi connectivity index (χ0) is 14.2. The zero-order valence-electron chi connectivity index (χ0n) is 10.9. The van der Waals surface area contributed by atoms with Crippen LogP contribution in [0.1, 0.15) is 23.3 Å². The van der Waals surface area contributed by atoms with Crippen molar-refractivity contribution in [1.29, 1.82) is 0 Å². The SMILES string of the molecule is Nc1ccc(C2(C(=O)NCc3cc(Br)cs3)CC2)cc1. The van der Waals surface area contributed by atoms with Crippen LogP contribution in [-0.2, 0) is 16.8 Å². The second-order valence-electron chi connectivity index (χ2n) is 5.12. The Morgan fingerprint density at radius 1 is 1.35 bits per heavy atom. The highest BCUT2D eigenvalue weighted by Crippen LogP contribution is 2.48. The lowest BCUT2D eigenvalue weighted by atomic mass is 9.95. The predicted molar refractivity (Wildman–Crippen MR) is 85.6 cm³/mol. The summed E-state index contributed by atoms with van der Waals surface area (Å²) in [6.45, 7) is 0.589. The van der Waals surface area contributed by atoms with Crippen LogP contribution in [0.3, 0.4) is 0 Å². The lowest BCUT2D eigenvalue weighted by molar-refractivity contribution is -0.123. The minimum absolute atomic E-state index is 0.117. The molecule has 0 bridgehead atoms. The molecule has 5 heteroatoms. The van der Waals surface area contributed by atoms with Crippen LogP contribution in [0, 0.1) is 0 Å². The van der Waals surface area contributed by atoms with E-state index in [0.717, 1.165) is 33.4 Å². The van der Waals surface area contributed by atoms with Gasteiger partial charge < -0.3 is 11.1 Å². The second kappa shape index (κ2) is 5.22. The van der Waals surface area contributed by atoms with E-state index in [4.69, 9.17) is 5.73 Å². The Balaban J connectivity index is 1.68. The van der Waals surface area contributed by atoms with Crippen molar-refractivity contribution in [2.24, 2.45) is 0 Å². The van der Waals surface area contributed by atoms with Gasteiger partial charge in [-0.15, -0.1) is 11.3 Å². The summed E-state index contributed by atoms with van der Waals surface area (Å²) in [5.41, 5.74) is 7.16. The van der Waals surface area contributed by atoms with Crippen LogP contribution in [0.4, 0.5) is 5.69 Å². The van der Waals surface area contributed by atoms with E-state index < -0.39 is 0 Å². The fraction of sp³-hybridized carbons (Fsp3) is 0.267. The van der Waals surface area contributed by atoms with Gasteiger partial charge in [0.15, 0.2) is 0 Å². The number of benzene rings is 1. The highest BCUT2D eigenvalue weighted by atomic mass is 79.9. The molecule has 0 atom stereocenters. The summed E-state index contributed by atoms with van der Waals surface area (Å²) in [4.78, 5) is 13.6. The first-order valence-electron chi connectivity index (χ1n) is 6.47. The molecule has 0 saturated heterocycles. The summed E-state index contributed by atoms with van der Waals surface area (Å²) in [7, 11) is 0. The van der Waals surface area contributed by atoms with E-state index in [1.807, 2.05) is 35.7 Å². The average molecular weight is 351 g/mol. The van der Waals surface area contributed by atoms with Crippen molar-refractivity contribution in [2.45, 2.75) is 24.8 Å². The maximum absolute atomic E-state index is 12.4. The third-order valence-corrected chi connectivity index (χ3v) is 5.39. The number of anilines is 1. The zero-order valence-corrected chi connectivity index (χ0v) is 13.3. The number of nitrogens with two attached hydrogens (primary N) is 1. The molecule has 1 heterocycles. The lowest BCUT2D eigenvalue weighted by Gasteiger charge is -2.15. The van der Waals surface area contributed by atoms with Gasteiger partial charge in [0.2, 0.25) is 5.91 Å². The van der Waals surface area contributed by atoms with Gasteiger partial charge in [-0.3, -0.25) is 4.79 Å². The molecule has 3 nitrogen and oxygen atoms in total. The molecular weight excluding hydrogens is 336 g/mol. The van der Waals surface area contributed by atoms with Crippen molar-refractivity contribution in [3.8, 4) is 0 Å². The summed E-state index contributed by atoms with van der Waals surface area (Å²) >= 11 is 5.06.